The van der Waals surface area contributed by atoms with Gasteiger partial charge in [-0.15, -0.1) is 0 Å². The molecule has 0 bridgehead atoms. The molecule has 6 N–H and O–H groups in total. The Kier molecular flexibility index (Phi) is 4.67. The normalized spacial score (nSPS) is 12.0. The molecule has 1 aromatic rings. The Balaban J connectivity index is 2.63. The number of rotatable bonds is 4. The van der Waals surface area contributed by atoms with Crippen molar-refractivity contribution in [2.75, 3.05) is 10.6 Å². The van der Waals surface area contributed by atoms with E-state index in [2.05, 4.69) is 10.6 Å². The summed E-state index contributed by atoms with van der Waals surface area (Å²) in [5.41, 5.74) is 11.9. The lowest BCUT2D eigenvalue weighted by atomic mass is 10.0. The van der Waals surface area contributed by atoms with Gasteiger partial charge in [0, 0.05) is 11.4 Å². The minimum absolute atomic E-state index is 0.0702. The lowest BCUT2D eigenvalue weighted by Crippen LogP contribution is -2.39. The van der Waals surface area contributed by atoms with Crippen LogP contribution in [0.25, 0.3) is 0 Å². The van der Waals surface area contributed by atoms with E-state index >= 15 is 0 Å². The van der Waals surface area contributed by atoms with Gasteiger partial charge < -0.3 is 22.1 Å². The summed E-state index contributed by atoms with van der Waals surface area (Å²) in [5.74, 6) is -0.165. The average molecular weight is 250 g/mol. The molecular weight excluding hydrogens is 232 g/mol. The number of carbonyl (C=O) groups is 2. The van der Waals surface area contributed by atoms with Gasteiger partial charge in [-0.3, -0.25) is 4.79 Å². The Morgan fingerprint density at radius 2 is 1.50 bits per heavy atom. The van der Waals surface area contributed by atoms with E-state index < -0.39 is 12.1 Å². The van der Waals surface area contributed by atoms with Gasteiger partial charge in [-0.25, -0.2) is 4.79 Å². The largest absolute Gasteiger partial charge is 0.351 e. The molecule has 3 amide bonds. The number of primary amides is 1. The second-order valence-electron chi connectivity index (χ2n) is 4.33. The van der Waals surface area contributed by atoms with Gasteiger partial charge >= 0.3 is 6.03 Å². The fraction of sp³-hybridized carbons (Fsp3) is 0.333. The molecule has 0 aliphatic heterocycles. The Labute approximate surface area is 106 Å². The monoisotopic (exact) mass is 250 g/mol. The average Bonchev–Trinajstić information content (AvgIpc) is 2.29. The first-order valence-electron chi connectivity index (χ1n) is 5.63. The van der Waals surface area contributed by atoms with E-state index in [0.717, 1.165) is 0 Å². The lowest BCUT2D eigenvalue weighted by molar-refractivity contribution is -0.118. The number of benzene rings is 1. The van der Waals surface area contributed by atoms with Gasteiger partial charge in [0.15, 0.2) is 0 Å². The highest BCUT2D eigenvalue weighted by atomic mass is 16.2. The van der Waals surface area contributed by atoms with Gasteiger partial charge in [0.05, 0.1) is 6.04 Å². The second-order valence-corrected chi connectivity index (χ2v) is 4.33. The molecule has 1 atom stereocenters. The number of anilines is 2. The minimum Gasteiger partial charge on any atom is -0.351 e. The molecule has 0 aliphatic carbocycles. The Morgan fingerprint density at radius 1 is 1.06 bits per heavy atom. The van der Waals surface area contributed by atoms with Crippen LogP contribution in [0.4, 0.5) is 16.2 Å². The third kappa shape index (κ3) is 4.06. The van der Waals surface area contributed by atoms with Crippen molar-refractivity contribution in [3.05, 3.63) is 24.3 Å². The number of carbonyl (C=O) groups excluding carboxylic acids is 2. The molecule has 18 heavy (non-hydrogen) atoms. The minimum atomic E-state index is -0.631. The van der Waals surface area contributed by atoms with E-state index in [0.29, 0.717) is 11.4 Å². The first-order chi connectivity index (χ1) is 8.40. The van der Waals surface area contributed by atoms with Crippen molar-refractivity contribution >= 4 is 23.3 Å². The summed E-state index contributed by atoms with van der Waals surface area (Å²) in [6.07, 6.45) is 0. The van der Waals surface area contributed by atoms with Crippen LogP contribution in [0.3, 0.4) is 0 Å². The van der Waals surface area contributed by atoms with Crippen molar-refractivity contribution in [1.82, 2.24) is 0 Å². The predicted octanol–water partition coefficient (Wildman–Crippen LogP) is 1.10. The van der Waals surface area contributed by atoms with Crippen molar-refractivity contribution in [2.24, 2.45) is 17.4 Å². The molecule has 0 unspecified atom stereocenters. The summed E-state index contributed by atoms with van der Waals surface area (Å²) in [5, 5.41) is 5.12. The Morgan fingerprint density at radius 3 is 1.89 bits per heavy atom. The van der Waals surface area contributed by atoms with Crippen LogP contribution in [-0.4, -0.2) is 18.0 Å². The van der Waals surface area contributed by atoms with Gasteiger partial charge in [0.2, 0.25) is 5.91 Å². The van der Waals surface area contributed by atoms with Crippen LogP contribution in [0.5, 0.6) is 0 Å². The molecule has 0 radical (unpaired) electrons. The predicted molar refractivity (Wildman–Crippen MR) is 71.1 cm³/mol. The molecule has 1 aromatic carbocycles. The van der Waals surface area contributed by atoms with Gasteiger partial charge in [0.1, 0.15) is 0 Å². The van der Waals surface area contributed by atoms with Crippen molar-refractivity contribution in [3.8, 4) is 0 Å². The smallest absolute Gasteiger partial charge is 0.316 e. The molecule has 0 aromatic heterocycles. The van der Waals surface area contributed by atoms with Crippen LogP contribution in [0.15, 0.2) is 24.3 Å². The van der Waals surface area contributed by atoms with Crippen molar-refractivity contribution in [2.45, 2.75) is 19.9 Å². The summed E-state index contributed by atoms with van der Waals surface area (Å²) in [7, 11) is 0. The molecular formula is C12H18N4O2. The molecule has 6 heteroatoms. The third-order valence-corrected chi connectivity index (χ3v) is 2.44. The molecule has 0 heterocycles. The third-order valence-electron chi connectivity index (χ3n) is 2.44. The highest BCUT2D eigenvalue weighted by Gasteiger charge is 2.16. The van der Waals surface area contributed by atoms with Gasteiger partial charge in [-0.1, -0.05) is 13.8 Å². The molecule has 0 saturated carbocycles. The summed E-state index contributed by atoms with van der Waals surface area (Å²) in [6.45, 7) is 3.76. The fourth-order valence-corrected chi connectivity index (χ4v) is 1.31. The number of hydrogen-bond acceptors (Lipinski definition) is 3. The standard InChI is InChI=1S/C12H18N4O2/c1-7(2)10(13)11(17)15-8-3-5-9(6-4-8)16-12(14)18/h3-7,10H,13H2,1-2H3,(H,15,17)(H3,14,16,18)/t10-/m0/s1. The number of nitrogens with two attached hydrogens (primary N) is 2. The zero-order valence-corrected chi connectivity index (χ0v) is 10.4. The van der Waals surface area contributed by atoms with Crippen LogP contribution < -0.4 is 22.1 Å². The SMILES string of the molecule is CC(C)[C@H](N)C(=O)Nc1ccc(NC(N)=O)cc1. The topological polar surface area (TPSA) is 110 Å². The van der Waals surface area contributed by atoms with Crippen LogP contribution in [-0.2, 0) is 4.79 Å². The zero-order chi connectivity index (χ0) is 13.7. The highest BCUT2D eigenvalue weighted by Crippen LogP contribution is 2.14. The van der Waals surface area contributed by atoms with Crippen LogP contribution in [0, 0.1) is 5.92 Å². The molecule has 1 rings (SSSR count). The summed E-state index contributed by atoms with van der Waals surface area (Å²) >= 11 is 0. The maximum absolute atomic E-state index is 11.7. The van der Waals surface area contributed by atoms with Crippen LogP contribution in [0.2, 0.25) is 0 Å². The summed E-state index contributed by atoms with van der Waals surface area (Å²) in [4.78, 5) is 22.3. The number of hydrogen-bond donors (Lipinski definition) is 4. The number of nitrogens with one attached hydrogen (secondary N) is 2. The van der Waals surface area contributed by atoms with E-state index in [1.54, 1.807) is 24.3 Å². The van der Waals surface area contributed by atoms with E-state index in [4.69, 9.17) is 11.5 Å². The quantitative estimate of drug-likeness (QED) is 0.642. The van der Waals surface area contributed by atoms with Crippen molar-refractivity contribution in [1.29, 1.82) is 0 Å². The molecule has 0 spiro atoms. The summed E-state index contributed by atoms with van der Waals surface area (Å²) < 4.78 is 0. The molecule has 0 aliphatic rings. The fourth-order valence-electron chi connectivity index (χ4n) is 1.31. The molecule has 6 nitrogen and oxygen atoms in total. The number of amides is 3. The zero-order valence-electron chi connectivity index (χ0n) is 10.4. The van der Waals surface area contributed by atoms with Gasteiger partial charge in [-0.2, -0.15) is 0 Å². The van der Waals surface area contributed by atoms with Crippen molar-refractivity contribution in [3.63, 3.8) is 0 Å². The highest BCUT2D eigenvalue weighted by molar-refractivity contribution is 5.95. The number of urea groups is 1. The molecule has 98 valence electrons. The van der Waals surface area contributed by atoms with Gasteiger partial charge in [-0.05, 0) is 30.2 Å². The Bertz CT molecular complexity index is 428. The summed E-state index contributed by atoms with van der Waals surface area (Å²) in [6, 6.07) is 5.43. The van der Waals surface area contributed by atoms with E-state index in [-0.39, 0.29) is 11.8 Å². The van der Waals surface area contributed by atoms with Gasteiger partial charge in [0.25, 0.3) is 0 Å². The van der Waals surface area contributed by atoms with E-state index in [1.165, 1.54) is 0 Å². The van der Waals surface area contributed by atoms with Crippen LogP contribution in [0.1, 0.15) is 13.8 Å². The second kappa shape index (κ2) is 6.02. The molecule has 0 saturated heterocycles. The molecule has 0 fully saturated rings. The maximum atomic E-state index is 11.7. The van der Waals surface area contributed by atoms with Crippen molar-refractivity contribution < 1.29 is 9.59 Å². The van der Waals surface area contributed by atoms with E-state index in [9.17, 15) is 9.59 Å². The Hall–Kier alpha value is -2.08. The van der Waals surface area contributed by atoms with Crippen LogP contribution >= 0.6 is 0 Å². The maximum Gasteiger partial charge on any atom is 0.316 e. The first-order valence-corrected chi connectivity index (χ1v) is 5.63. The lowest BCUT2D eigenvalue weighted by Gasteiger charge is -2.15. The first kappa shape index (κ1) is 14.0. The van der Waals surface area contributed by atoms with E-state index in [1.807, 2.05) is 13.8 Å².